The molecule has 0 aromatic carbocycles. The Balaban J connectivity index is 1.41. The Bertz CT molecular complexity index is 927. The number of nitrogens with one attached hydrogen (secondary N) is 1. The molecule has 1 fully saturated rings. The number of hydrogen-bond acceptors (Lipinski definition) is 6. The monoisotopic (exact) mass is 436 g/mol. The van der Waals surface area contributed by atoms with Crippen molar-refractivity contribution in [3.8, 4) is 0 Å². The number of amides is 2. The van der Waals surface area contributed by atoms with E-state index in [9.17, 15) is 9.59 Å². The molecule has 0 spiro atoms. The molecule has 32 heavy (non-hydrogen) atoms. The molecule has 1 saturated heterocycles. The standard InChI is InChI=1S/C24H32N6O2/c1-28(11-8-14-29-12-6-2-3-7-13-29)24(32)19-15-21-23(26-16-19)27-17-22(31)30(21)18-20-9-4-5-10-25-20/h4-5,9-10,15-16H,2-3,6-8,11-14,17-18H2,1H3,(H,26,27). The molecule has 1 N–H and O–H groups in total. The summed E-state index contributed by atoms with van der Waals surface area (Å²) in [6.07, 6.45) is 9.46. The van der Waals surface area contributed by atoms with Gasteiger partial charge in [0.25, 0.3) is 5.91 Å². The van der Waals surface area contributed by atoms with Gasteiger partial charge in [0, 0.05) is 26.0 Å². The van der Waals surface area contributed by atoms with Gasteiger partial charge < -0.3 is 20.0 Å². The number of nitrogens with zero attached hydrogens (tertiary/aromatic N) is 5. The van der Waals surface area contributed by atoms with E-state index in [1.54, 1.807) is 28.3 Å². The van der Waals surface area contributed by atoms with Crippen LogP contribution in [0.4, 0.5) is 11.5 Å². The van der Waals surface area contributed by atoms with Crippen molar-refractivity contribution >= 4 is 23.3 Å². The Labute approximate surface area is 189 Å². The van der Waals surface area contributed by atoms with Crippen molar-refractivity contribution in [3.05, 3.63) is 47.9 Å². The Morgan fingerprint density at radius 2 is 1.97 bits per heavy atom. The molecule has 2 aromatic rings. The first kappa shape index (κ1) is 22.2. The second-order valence-corrected chi connectivity index (χ2v) is 8.58. The van der Waals surface area contributed by atoms with Crippen molar-refractivity contribution in [2.24, 2.45) is 0 Å². The van der Waals surface area contributed by atoms with Crippen molar-refractivity contribution in [1.82, 2.24) is 19.8 Å². The van der Waals surface area contributed by atoms with E-state index >= 15 is 0 Å². The summed E-state index contributed by atoms with van der Waals surface area (Å²) < 4.78 is 0. The lowest BCUT2D eigenvalue weighted by Crippen LogP contribution is -2.40. The van der Waals surface area contributed by atoms with E-state index in [1.807, 2.05) is 25.2 Å². The molecule has 0 saturated carbocycles. The average Bonchev–Trinajstić information content (AvgIpc) is 3.09. The van der Waals surface area contributed by atoms with Gasteiger partial charge >= 0.3 is 0 Å². The third kappa shape index (κ3) is 5.43. The first-order valence-electron chi connectivity index (χ1n) is 11.5. The van der Waals surface area contributed by atoms with Crippen molar-refractivity contribution in [3.63, 3.8) is 0 Å². The highest BCUT2D eigenvalue weighted by molar-refractivity contribution is 6.03. The van der Waals surface area contributed by atoms with Crippen LogP contribution >= 0.6 is 0 Å². The lowest BCUT2D eigenvalue weighted by atomic mass is 10.1. The molecule has 0 atom stereocenters. The van der Waals surface area contributed by atoms with Crippen molar-refractivity contribution < 1.29 is 9.59 Å². The summed E-state index contributed by atoms with van der Waals surface area (Å²) >= 11 is 0. The molecule has 2 aromatic heterocycles. The van der Waals surface area contributed by atoms with Gasteiger partial charge in [0.15, 0.2) is 5.82 Å². The minimum atomic E-state index is -0.0769. The van der Waals surface area contributed by atoms with Gasteiger partial charge in [0.2, 0.25) is 5.91 Å². The second kappa shape index (κ2) is 10.5. The third-order valence-electron chi connectivity index (χ3n) is 6.17. The smallest absolute Gasteiger partial charge is 0.255 e. The number of carbonyl (C=O) groups excluding carboxylic acids is 2. The van der Waals surface area contributed by atoms with E-state index in [2.05, 4.69) is 20.2 Å². The SMILES string of the molecule is CN(CCCN1CCCCCC1)C(=O)c1cnc2c(c1)N(Cc1ccccn1)C(=O)CN2. The largest absolute Gasteiger partial charge is 0.359 e. The van der Waals surface area contributed by atoms with Crippen LogP contribution < -0.4 is 10.2 Å². The van der Waals surface area contributed by atoms with Crippen molar-refractivity contribution in [2.45, 2.75) is 38.6 Å². The maximum atomic E-state index is 13.1. The number of carbonyl (C=O) groups is 2. The van der Waals surface area contributed by atoms with Gasteiger partial charge in [0.1, 0.15) is 0 Å². The number of rotatable bonds is 7. The quantitative estimate of drug-likeness (QED) is 0.719. The summed E-state index contributed by atoms with van der Waals surface area (Å²) in [7, 11) is 1.83. The van der Waals surface area contributed by atoms with Crippen LogP contribution in [0, 0.1) is 0 Å². The maximum Gasteiger partial charge on any atom is 0.255 e. The molecule has 0 unspecified atom stereocenters. The summed E-state index contributed by atoms with van der Waals surface area (Å²) in [6, 6.07) is 7.39. The van der Waals surface area contributed by atoms with Crippen LogP contribution in [0.3, 0.4) is 0 Å². The van der Waals surface area contributed by atoms with Gasteiger partial charge in [-0.05, 0) is 57.1 Å². The number of fused-ring (bicyclic) bond motifs is 1. The van der Waals surface area contributed by atoms with E-state index in [1.165, 1.54) is 38.8 Å². The molecular weight excluding hydrogens is 404 g/mol. The van der Waals surface area contributed by atoms with Crippen LogP contribution in [0.25, 0.3) is 0 Å². The molecule has 4 rings (SSSR count). The molecule has 2 amide bonds. The van der Waals surface area contributed by atoms with Crippen LogP contribution in [0.15, 0.2) is 36.7 Å². The van der Waals surface area contributed by atoms with E-state index in [-0.39, 0.29) is 18.4 Å². The Hall–Kier alpha value is -3.00. The summed E-state index contributed by atoms with van der Waals surface area (Å²) in [4.78, 5) is 40.3. The molecular formula is C24H32N6O2. The number of hydrogen-bond donors (Lipinski definition) is 1. The zero-order chi connectivity index (χ0) is 22.3. The predicted molar refractivity (Wildman–Crippen MR) is 125 cm³/mol. The van der Waals surface area contributed by atoms with Gasteiger partial charge in [-0.25, -0.2) is 4.98 Å². The summed E-state index contributed by atoms with van der Waals surface area (Å²) in [6.45, 7) is 4.58. The van der Waals surface area contributed by atoms with Gasteiger partial charge in [-0.2, -0.15) is 0 Å². The van der Waals surface area contributed by atoms with Gasteiger partial charge in [-0.1, -0.05) is 18.9 Å². The van der Waals surface area contributed by atoms with Crippen LogP contribution in [0.2, 0.25) is 0 Å². The first-order chi connectivity index (χ1) is 15.6. The lowest BCUT2D eigenvalue weighted by molar-refractivity contribution is -0.117. The molecule has 0 radical (unpaired) electrons. The van der Waals surface area contributed by atoms with Gasteiger partial charge in [-0.15, -0.1) is 0 Å². The Kier molecular flexibility index (Phi) is 7.32. The molecule has 2 aliphatic rings. The van der Waals surface area contributed by atoms with Crippen molar-refractivity contribution in [1.29, 1.82) is 0 Å². The summed E-state index contributed by atoms with van der Waals surface area (Å²) in [5.74, 6) is 0.466. The fourth-order valence-corrected chi connectivity index (χ4v) is 4.34. The number of aromatic nitrogens is 2. The highest BCUT2D eigenvalue weighted by Crippen LogP contribution is 2.30. The first-order valence-corrected chi connectivity index (χ1v) is 11.5. The van der Waals surface area contributed by atoms with E-state index < -0.39 is 0 Å². The van der Waals surface area contributed by atoms with Gasteiger partial charge in [0.05, 0.1) is 30.0 Å². The van der Waals surface area contributed by atoms with E-state index in [0.29, 0.717) is 30.2 Å². The minimum absolute atomic E-state index is 0.0691. The minimum Gasteiger partial charge on any atom is -0.359 e. The third-order valence-corrected chi connectivity index (χ3v) is 6.17. The normalized spacial score (nSPS) is 16.8. The Morgan fingerprint density at radius 3 is 2.72 bits per heavy atom. The Morgan fingerprint density at radius 1 is 1.16 bits per heavy atom. The maximum absolute atomic E-state index is 13.1. The average molecular weight is 437 g/mol. The van der Waals surface area contributed by atoms with Crippen LogP contribution in [0.1, 0.15) is 48.2 Å². The van der Waals surface area contributed by atoms with E-state index in [4.69, 9.17) is 0 Å². The molecule has 170 valence electrons. The number of anilines is 2. The molecule has 2 aliphatic heterocycles. The fourth-order valence-electron chi connectivity index (χ4n) is 4.34. The van der Waals surface area contributed by atoms with Gasteiger partial charge in [-0.3, -0.25) is 14.6 Å². The summed E-state index contributed by atoms with van der Waals surface area (Å²) in [5, 5.41) is 3.05. The summed E-state index contributed by atoms with van der Waals surface area (Å²) in [5.41, 5.74) is 1.90. The fraction of sp³-hybridized carbons (Fsp3) is 0.500. The highest BCUT2D eigenvalue weighted by atomic mass is 16.2. The van der Waals surface area contributed by atoms with Crippen LogP contribution in [0.5, 0.6) is 0 Å². The lowest BCUT2D eigenvalue weighted by Gasteiger charge is -2.30. The zero-order valence-corrected chi connectivity index (χ0v) is 18.8. The van der Waals surface area contributed by atoms with Crippen LogP contribution in [-0.2, 0) is 11.3 Å². The molecule has 0 bridgehead atoms. The molecule has 4 heterocycles. The zero-order valence-electron chi connectivity index (χ0n) is 18.8. The van der Waals surface area contributed by atoms with Crippen LogP contribution in [-0.4, -0.2) is 71.4 Å². The van der Waals surface area contributed by atoms with Crippen molar-refractivity contribution in [2.75, 3.05) is 50.0 Å². The molecule has 0 aliphatic carbocycles. The number of likely N-dealkylation sites (tertiary alicyclic amines) is 1. The predicted octanol–water partition coefficient (Wildman–Crippen LogP) is 2.77. The second-order valence-electron chi connectivity index (χ2n) is 8.58. The number of pyridine rings is 2. The topological polar surface area (TPSA) is 81.7 Å². The van der Waals surface area contributed by atoms with E-state index in [0.717, 1.165) is 18.7 Å². The molecule has 8 nitrogen and oxygen atoms in total. The molecule has 8 heteroatoms. The highest BCUT2D eigenvalue weighted by Gasteiger charge is 2.27.